The van der Waals surface area contributed by atoms with E-state index >= 15 is 0 Å². The SMILES string of the molecule is Cc1nc(-c2c[nH]c3cc(F)ccc23)n(C2CCN(C)CC2)n1. The molecule has 0 radical (unpaired) electrons. The van der Waals surface area contributed by atoms with Crippen LogP contribution in [0.4, 0.5) is 4.39 Å². The van der Waals surface area contributed by atoms with Crippen molar-refractivity contribution in [2.45, 2.75) is 25.8 Å². The second kappa shape index (κ2) is 5.45. The fraction of sp³-hybridized carbons (Fsp3) is 0.412. The molecule has 0 bridgehead atoms. The van der Waals surface area contributed by atoms with E-state index in [0.29, 0.717) is 6.04 Å². The molecule has 1 N–H and O–H groups in total. The average Bonchev–Trinajstić information content (AvgIpc) is 3.10. The van der Waals surface area contributed by atoms with Crippen LogP contribution in [-0.4, -0.2) is 44.8 Å². The van der Waals surface area contributed by atoms with Gasteiger partial charge in [-0.15, -0.1) is 0 Å². The fourth-order valence-corrected chi connectivity index (χ4v) is 3.39. The highest BCUT2D eigenvalue weighted by atomic mass is 19.1. The van der Waals surface area contributed by atoms with Gasteiger partial charge in [0.15, 0.2) is 5.82 Å². The summed E-state index contributed by atoms with van der Waals surface area (Å²) in [5.41, 5.74) is 1.77. The smallest absolute Gasteiger partial charge is 0.160 e. The third-order valence-electron chi connectivity index (χ3n) is 4.66. The molecule has 3 heterocycles. The highest BCUT2D eigenvalue weighted by molar-refractivity contribution is 5.93. The van der Waals surface area contributed by atoms with Crippen molar-refractivity contribution in [3.63, 3.8) is 0 Å². The van der Waals surface area contributed by atoms with Gasteiger partial charge in [-0.1, -0.05) is 0 Å². The topological polar surface area (TPSA) is 49.7 Å². The van der Waals surface area contributed by atoms with Crippen molar-refractivity contribution in [1.82, 2.24) is 24.6 Å². The quantitative estimate of drug-likeness (QED) is 0.791. The molecule has 2 aromatic heterocycles. The molecule has 0 aliphatic carbocycles. The van der Waals surface area contributed by atoms with Crippen LogP contribution < -0.4 is 0 Å². The molecule has 0 saturated carbocycles. The van der Waals surface area contributed by atoms with Crippen molar-refractivity contribution < 1.29 is 4.39 Å². The first-order chi connectivity index (χ1) is 11.1. The van der Waals surface area contributed by atoms with E-state index < -0.39 is 0 Å². The van der Waals surface area contributed by atoms with Gasteiger partial charge in [-0.3, -0.25) is 0 Å². The summed E-state index contributed by atoms with van der Waals surface area (Å²) in [6.45, 7) is 4.06. The number of H-pyrrole nitrogens is 1. The van der Waals surface area contributed by atoms with E-state index in [1.165, 1.54) is 12.1 Å². The van der Waals surface area contributed by atoms with Gasteiger partial charge in [-0.05, 0) is 58.1 Å². The van der Waals surface area contributed by atoms with Crippen molar-refractivity contribution in [3.05, 3.63) is 36.0 Å². The van der Waals surface area contributed by atoms with E-state index in [2.05, 4.69) is 31.7 Å². The molecule has 1 aliphatic heterocycles. The predicted molar refractivity (Wildman–Crippen MR) is 87.8 cm³/mol. The lowest BCUT2D eigenvalue weighted by atomic mass is 10.1. The number of likely N-dealkylation sites (tertiary alicyclic amines) is 1. The highest BCUT2D eigenvalue weighted by Gasteiger charge is 2.24. The number of aromatic nitrogens is 4. The molecule has 0 unspecified atom stereocenters. The highest BCUT2D eigenvalue weighted by Crippen LogP contribution is 2.32. The number of aromatic amines is 1. The molecular weight excluding hydrogens is 293 g/mol. The number of halogens is 1. The lowest BCUT2D eigenvalue weighted by Crippen LogP contribution is -2.32. The van der Waals surface area contributed by atoms with Crippen LogP contribution in [0.2, 0.25) is 0 Å². The molecule has 1 aliphatic rings. The number of nitrogens with zero attached hydrogens (tertiary/aromatic N) is 4. The Bertz CT molecular complexity index is 842. The number of hydrogen-bond acceptors (Lipinski definition) is 3. The molecule has 6 heteroatoms. The predicted octanol–water partition coefficient (Wildman–Crippen LogP) is 3.14. The third-order valence-corrected chi connectivity index (χ3v) is 4.66. The third kappa shape index (κ3) is 2.53. The summed E-state index contributed by atoms with van der Waals surface area (Å²) in [4.78, 5) is 10.1. The van der Waals surface area contributed by atoms with Gasteiger partial charge in [0.05, 0.1) is 6.04 Å². The summed E-state index contributed by atoms with van der Waals surface area (Å²) in [6, 6.07) is 5.18. The lowest BCUT2D eigenvalue weighted by Gasteiger charge is -2.29. The second-order valence-electron chi connectivity index (χ2n) is 6.35. The summed E-state index contributed by atoms with van der Waals surface area (Å²) in [5.74, 6) is 1.41. The molecule has 1 fully saturated rings. The number of nitrogens with one attached hydrogen (secondary N) is 1. The normalized spacial score (nSPS) is 17.2. The number of piperidine rings is 1. The Labute approximate surface area is 134 Å². The van der Waals surface area contributed by atoms with Gasteiger partial charge in [-0.25, -0.2) is 14.1 Å². The van der Waals surface area contributed by atoms with Crippen molar-refractivity contribution >= 4 is 10.9 Å². The first kappa shape index (κ1) is 14.4. The van der Waals surface area contributed by atoms with E-state index in [-0.39, 0.29) is 5.82 Å². The van der Waals surface area contributed by atoms with Crippen LogP contribution in [0.3, 0.4) is 0 Å². The molecule has 3 aromatic rings. The van der Waals surface area contributed by atoms with E-state index in [4.69, 9.17) is 0 Å². The molecule has 1 aromatic carbocycles. The van der Waals surface area contributed by atoms with E-state index in [1.54, 1.807) is 6.07 Å². The first-order valence-electron chi connectivity index (χ1n) is 8.00. The van der Waals surface area contributed by atoms with Gasteiger partial charge in [0.2, 0.25) is 0 Å². The van der Waals surface area contributed by atoms with Gasteiger partial charge < -0.3 is 9.88 Å². The Hall–Kier alpha value is -2.21. The first-order valence-corrected chi connectivity index (χ1v) is 8.00. The van der Waals surface area contributed by atoms with E-state index in [0.717, 1.165) is 54.0 Å². The Morgan fingerprint density at radius 2 is 2.04 bits per heavy atom. The standard InChI is InChI=1S/C17H20FN5/c1-11-20-17(23(21-11)13-5-7-22(2)8-6-13)15-10-19-16-9-12(18)3-4-14(15)16/h3-4,9-10,13,19H,5-8H2,1-2H3. The molecule has 0 amide bonds. The zero-order valence-corrected chi connectivity index (χ0v) is 13.4. The number of benzene rings is 1. The van der Waals surface area contributed by atoms with Gasteiger partial charge in [0.25, 0.3) is 0 Å². The maximum atomic E-state index is 13.4. The largest absolute Gasteiger partial charge is 0.360 e. The van der Waals surface area contributed by atoms with Crippen LogP contribution in [-0.2, 0) is 0 Å². The average molecular weight is 313 g/mol. The van der Waals surface area contributed by atoms with Crippen LogP contribution in [0.15, 0.2) is 24.4 Å². The van der Waals surface area contributed by atoms with Crippen LogP contribution in [0.25, 0.3) is 22.3 Å². The Morgan fingerprint density at radius 3 is 2.83 bits per heavy atom. The van der Waals surface area contributed by atoms with Crippen LogP contribution in [0.5, 0.6) is 0 Å². The molecular formula is C17H20FN5. The summed E-state index contributed by atoms with van der Waals surface area (Å²) >= 11 is 0. The van der Waals surface area contributed by atoms with E-state index in [9.17, 15) is 4.39 Å². The van der Waals surface area contributed by atoms with Gasteiger partial charge in [0.1, 0.15) is 11.6 Å². The molecule has 0 spiro atoms. The number of aryl methyl sites for hydroxylation is 1. The Kier molecular flexibility index (Phi) is 3.41. The number of rotatable bonds is 2. The summed E-state index contributed by atoms with van der Waals surface area (Å²) in [5, 5.41) is 5.62. The zero-order chi connectivity index (χ0) is 16.0. The summed E-state index contributed by atoms with van der Waals surface area (Å²) in [7, 11) is 2.15. The van der Waals surface area contributed by atoms with Crippen LogP contribution >= 0.6 is 0 Å². The maximum Gasteiger partial charge on any atom is 0.160 e. The Balaban J connectivity index is 1.79. The molecule has 1 saturated heterocycles. The summed E-state index contributed by atoms with van der Waals surface area (Å²) in [6.07, 6.45) is 4.05. The maximum absolute atomic E-state index is 13.4. The lowest BCUT2D eigenvalue weighted by molar-refractivity contribution is 0.213. The minimum absolute atomic E-state index is 0.237. The minimum Gasteiger partial charge on any atom is -0.360 e. The molecule has 0 atom stereocenters. The molecule has 23 heavy (non-hydrogen) atoms. The minimum atomic E-state index is -0.237. The van der Waals surface area contributed by atoms with Gasteiger partial charge >= 0.3 is 0 Å². The number of fused-ring (bicyclic) bond motifs is 1. The molecule has 120 valence electrons. The van der Waals surface area contributed by atoms with Crippen molar-refractivity contribution in [2.24, 2.45) is 0 Å². The van der Waals surface area contributed by atoms with Crippen LogP contribution in [0, 0.1) is 12.7 Å². The van der Waals surface area contributed by atoms with Crippen molar-refractivity contribution in [2.75, 3.05) is 20.1 Å². The van der Waals surface area contributed by atoms with Crippen LogP contribution in [0.1, 0.15) is 24.7 Å². The monoisotopic (exact) mass is 313 g/mol. The zero-order valence-electron chi connectivity index (χ0n) is 13.4. The second-order valence-corrected chi connectivity index (χ2v) is 6.35. The molecule has 4 rings (SSSR count). The van der Waals surface area contributed by atoms with Crippen molar-refractivity contribution in [1.29, 1.82) is 0 Å². The van der Waals surface area contributed by atoms with Gasteiger partial charge in [-0.2, -0.15) is 5.10 Å². The summed E-state index contributed by atoms with van der Waals surface area (Å²) < 4.78 is 15.5. The molecule has 5 nitrogen and oxygen atoms in total. The Morgan fingerprint density at radius 1 is 1.26 bits per heavy atom. The van der Waals surface area contributed by atoms with Gasteiger partial charge in [0, 0.05) is 22.7 Å². The fourth-order valence-electron chi connectivity index (χ4n) is 3.39. The van der Waals surface area contributed by atoms with E-state index in [1.807, 2.05) is 13.1 Å². The number of hydrogen-bond donors (Lipinski definition) is 1. The van der Waals surface area contributed by atoms with Crippen molar-refractivity contribution in [3.8, 4) is 11.4 Å².